The molecule has 3 heterocycles. The molecule has 0 bridgehead atoms. The number of aromatic nitrogens is 3. The molecule has 0 aromatic carbocycles. The zero-order chi connectivity index (χ0) is 19.0. The molecule has 0 spiro atoms. The standard InChI is InChI=1S/C22H26N4O/c1-15-12-16(2)25-20(13-15)24-21(18-8-7-11-23-14-18)22(25)26(17(3)27)19-9-5-4-6-10-19/h7-8,11-14,19H,4-6,9-10H2,1-3H3. The molecule has 1 aliphatic carbocycles. The molecule has 0 N–H and O–H groups in total. The van der Waals surface area contributed by atoms with Crippen molar-refractivity contribution in [3.8, 4) is 11.3 Å². The van der Waals surface area contributed by atoms with Crippen molar-refractivity contribution in [1.82, 2.24) is 14.4 Å². The summed E-state index contributed by atoms with van der Waals surface area (Å²) in [4.78, 5) is 24.0. The molecule has 0 saturated heterocycles. The predicted molar refractivity (Wildman–Crippen MR) is 108 cm³/mol. The summed E-state index contributed by atoms with van der Waals surface area (Å²) in [5.74, 6) is 0.962. The number of fused-ring (bicyclic) bond motifs is 1. The predicted octanol–water partition coefficient (Wildman–Crippen LogP) is 4.70. The SMILES string of the molecule is CC(=O)N(c1c(-c2cccnc2)nc2cc(C)cc(C)n12)C1CCCCC1. The Bertz CT molecular complexity index is 971. The topological polar surface area (TPSA) is 50.5 Å². The van der Waals surface area contributed by atoms with E-state index in [0.29, 0.717) is 0 Å². The summed E-state index contributed by atoms with van der Waals surface area (Å²) in [5, 5.41) is 0. The highest BCUT2D eigenvalue weighted by molar-refractivity contribution is 5.96. The van der Waals surface area contributed by atoms with Gasteiger partial charge in [0.1, 0.15) is 17.2 Å². The van der Waals surface area contributed by atoms with Crippen LogP contribution in [-0.2, 0) is 4.79 Å². The Morgan fingerprint density at radius 3 is 2.63 bits per heavy atom. The van der Waals surface area contributed by atoms with Gasteiger partial charge in [0.15, 0.2) is 0 Å². The van der Waals surface area contributed by atoms with E-state index < -0.39 is 0 Å². The summed E-state index contributed by atoms with van der Waals surface area (Å²) in [7, 11) is 0. The van der Waals surface area contributed by atoms with Gasteiger partial charge in [0.2, 0.25) is 5.91 Å². The van der Waals surface area contributed by atoms with Crippen molar-refractivity contribution < 1.29 is 4.79 Å². The molecule has 5 heteroatoms. The molecule has 3 aromatic rings. The van der Waals surface area contributed by atoms with Gasteiger partial charge in [0, 0.05) is 36.6 Å². The number of hydrogen-bond donors (Lipinski definition) is 0. The van der Waals surface area contributed by atoms with Crippen LogP contribution in [0.4, 0.5) is 5.82 Å². The summed E-state index contributed by atoms with van der Waals surface area (Å²) in [6, 6.07) is 8.38. The lowest BCUT2D eigenvalue weighted by atomic mass is 9.94. The largest absolute Gasteiger partial charge is 0.293 e. The molecule has 0 atom stereocenters. The third-order valence-corrected chi connectivity index (χ3v) is 5.47. The van der Waals surface area contributed by atoms with E-state index in [2.05, 4.69) is 35.4 Å². The second-order valence-electron chi connectivity index (χ2n) is 7.57. The molecule has 1 amide bonds. The first kappa shape index (κ1) is 17.7. The molecule has 140 valence electrons. The van der Waals surface area contributed by atoms with Crippen LogP contribution >= 0.6 is 0 Å². The average molecular weight is 362 g/mol. The number of aryl methyl sites for hydroxylation is 2. The van der Waals surface area contributed by atoms with Crippen LogP contribution in [0.1, 0.15) is 50.3 Å². The van der Waals surface area contributed by atoms with Crippen LogP contribution in [0.25, 0.3) is 16.9 Å². The fourth-order valence-corrected chi connectivity index (χ4v) is 4.35. The van der Waals surface area contributed by atoms with Crippen molar-refractivity contribution in [2.45, 2.75) is 58.9 Å². The number of rotatable bonds is 3. The van der Waals surface area contributed by atoms with Gasteiger partial charge in [-0.3, -0.25) is 19.1 Å². The molecule has 1 saturated carbocycles. The molecule has 1 aliphatic rings. The van der Waals surface area contributed by atoms with Crippen molar-refractivity contribution in [3.63, 3.8) is 0 Å². The summed E-state index contributed by atoms with van der Waals surface area (Å²) >= 11 is 0. The second kappa shape index (κ2) is 7.14. The van der Waals surface area contributed by atoms with Crippen LogP contribution in [-0.4, -0.2) is 26.3 Å². The second-order valence-corrected chi connectivity index (χ2v) is 7.57. The Morgan fingerprint density at radius 1 is 1.19 bits per heavy atom. The van der Waals surface area contributed by atoms with Gasteiger partial charge in [0.05, 0.1) is 0 Å². The van der Waals surface area contributed by atoms with Crippen LogP contribution in [0, 0.1) is 13.8 Å². The van der Waals surface area contributed by atoms with Gasteiger partial charge in [-0.25, -0.2) is 4.98 Å². The summed E-state index contributed by atoms with van der Waals surface area (Å²) in [5.41, 5.74) is 4.90. The number of anilines is 1. The lowest BCUT2D eigenvalue weighted by molar-refractivity contribution is -0.117. The Hall–Kier alpha value is -2.69. The quantitative estimate of drug-likeness (QED) is 0.679. The zero-order valence-corrected chi connectivity index (χ0v) is 16.3. The first-order valence-corrected chi connectivity index (χ1v) is 9.76. The smallest absolute Gasteiger partial charge is 0.225 e. The number of hydrogen-bond acceptors (Lipinski definition) is 3. The highest BCUT2D eigenvalue weighted by atomic mass is 16.2. The maximum Gasteiger partial charge on any atom is 0.225 e. The van der Waals surface area contributed by atoms with Gasteiger partial charge in [-0.15, -0.1) is 0 Å². The first-order chi connectivity index (χ1) is 13.1. The molecule has 27 heavy (non-hydrogen) atoms. The number of pyridine rings is 2. The van der Waals surface area contributed by atoms with Crippen molar-refractivity contribution >= 4 is 17.4 Å². The summed E-state index contributed by atoms with van der Waals surface area (Å²) in [6.45, 7) is 5.83. The number of nitrogens with zero attached hydrogens (tertiary/aromatic N) is 4. The first-order valence-electron chi connectivity index (χ1n) is 9.76. The normalized spacial score (nSPS) is 15.2. The average Bonchev–Trinajstić information content (AvgIpc) is 3.02. The van der Waals surface area contributed by atoms with Crippen molar-refractivity contribution in [2.75, 3.05) is 4.90 Å². The molecule has 0 unspecified atom stereocenters. The van der Waals surface area contributed by atoms with Gasteiger partial charge in [-0.2, -0.15) is 0 Å². The van der Waals surface area contributed by atoms with Crippen LogP contribution in [0.2, 0.25) is 0 Å². The van der Waals surface area contributed by atoms with E-state index in [0.717, 1.165) is 41.3 Å². The molecule has 4 rings (SSSR count). The minimum absolute atomic E-state index is 0.0776. The Balaban J connectivity index is 1.99. The number of imidazole rings is 1. The molecule has 5 nitrogen and oxygen atoms in total. The van der Waals surface area contributed by atoms with Crippen LogP contribution < -0.4 is 4.90 Å². The van der Waals surface area contributed by atoms with Gasteiger partial charge in [-0.1, -0.05) is 19.3 Å². The molecule has 3 aromatic heterocycles. The van der Waals surface area contributed by atoms with Crippen molar-refractivity contribution in [3.05, 3.63) is 47.9 Å². The van der Waals surface area contributed by atoms with Crippen molar-refractivity contribution in [1.29, 1.82) is 0 Å². The van der Waals surface area contributed by atoms with E-state index in [1.807, 2.05) is 23.2 Å². The van der Waals surface area contributed by atoms with E-state index in [-0.39, 0.29) is 11.9 Å². The molecule has 0 radical (unpaired) electrons. The van der Waals surface area contributed by atoms with E-state index in [1.54, 1.807) is 13.1 Å². The molecule has 0 aliphatic heterocycles. The Kier molecular flexibility index (Phi) is 4.68. The lowest BCUT2D eigenvalue weighted by Gasteiger charge is -2.34. The fraction of sp³-hybridized carbons (Fsp3) is 0.409. The van der Waals surface area contributed by atoms with Gasteiger partial charge >= 0.3 is 0 Å². The van der Waals surface area contributed by atoms with Crippen LogP contribution in [0.5, 0.6) is 0 Å². The molecule has 1 fully saturated rings. The monoisotopic (exact) mass is 362 g/mol. The zero-order valence-electron chi connectivity index (χ0n) is 16.3. The maximum atomic E-state index is 12.8. The van der Waals surface area contributed by atoms with Crippen LogP contribution in [0.15, 0.2) is 36.7 Å². The van der Waals surface area contributed by atoms with E-state index >= 15 is 0 Å². The van der Waals surface area contributed by atoms with Crippen LogP contribution in [0.3, 0.4) is 0 Å². The van der Waals surface area contributed by atoms with Gasteiger partial charge in [-0.05, 0) is 56.5 Å². The lowest BCUT2D eigenvalue weighted by Crippen LogP contribution is -2.41. The molecular weight excluding hydrogens is 336 g/mol. The van der Waals surface area contributed by atoms with E-state index in [1.165, 1.54) is 24.8 Å². The molecular formula is C22H26N4O. The Labute approximate surface area is 160 Å². The number of carbonyl (C=O) groups is 1. The number of amides is 1. The summed E-state index contributed by atoms with van der Waals surface area (Å²) in [6.07, 6.45) is 9.28. The minimum atomic E-state index is 0.0776. The third-order valence-electron chi connectivity index (χ3n) is 5.47. The van der Waals surface area contributed by atoms with Crippen molar-refractivity contribution in [2.24, 2.45) is 0 Å². The van der Waals surface area contributed by atoms with Gasteiger partial charge < -0.3 is 0 Å². The highest BCUT2D eigenvalue weighted by Crippen LogP contribution is 2.36. The van der Waals surface area contributed by atoms with Gasteiger partial charge in [0.25, 0.3) is 0 Å². The highest BCUT2D eigenvalue weighted by Gasteiger charge is 2.30. The maximum absolute atomic E-state index is 12.8. The van der Waals surface area contributed by atoms with E-state index in [4.69, 9.17) is 4.98 Å². The van der Waals surface area contributed by atoms with E-state index in [9.17, 15) is 4.79 Å². The Morgan fingerprint density at radius 2 is 1.96 bits per heavy atom. The summed E-state index contributed by atoms with van der Waals surface area (Å²) < 4.78 is 2.13. The number of carbonyl (C=O) groups excluding carboxylic acids is 1. The minimum Gasteiger partial charge on any atom is -0.293 e. The third kappa shape index (κ3) is 3.22. The fourth-order valence-electron chi connectivity index (χ4n) is 4.35.